The van der Waals surface area contributed by atoms with Gasteiger partial charge in [0.1, 0.15) is 0 Å². The zero-order valence-electron chi connectivity index (χ0n) is 15.9. The van der Waals surface area contributed by atoms with E-state index in [1.807, 2.05) is 36.1 Å². The molecule has 1 aromatic carbocycles. The summed E-state index contributed by atoms with van der Waals surface area (Å²) in [5, 5.41) is 0. The van der Waals surface area contributed by atoms with Crippen molar-refractivity contribution in [2.24, 2.45) is 0 Å². The average Bonchev–Trinajstić information content (AvgIpc) is 2.69. The van der Waals surface area contributed by atoms with E-state index in [1.165, 1.54) is 0 Å². The number of nitrogens with zero attached hydrogens (tertiary/aromatic N) is 2. The minimum atomic E-state index is -0.181. The fraction of sp³-hybridized carbons (Fsp3) is 0.348. The molecule has 0 radical (unpaired) electrons. The zero-order valence-corrected chi connectivity index (χ0v) is 15.9. The van der Waals surface area contributed by atoms with Crippen molar-refractivity contribution in [2.45, 2.75) is 51.9 Å². The molecule has 2 aliphatic rings. The number of hydrogen-bond acceptors (Lipinski definition) is 3. The Kier molecular flexibility index (Phi) is 4.65. The van der Waals surface area contributed by atoms with Crippen molar-refractivity contribution in [3.63, 3.8) is 0 Å². The third-order valence-corrected chi connectivity index (χ3v) is 5.69. The Morgan fingerprint density at radius 3 is 2.74 bits per heavy atom. The van der Waals surface area contributed by atoms with Crippen LogP contribution in [0.5, 0.6) is 0 Å². The van der Waals surface area contributed by atoms with Gasteiger partial charge in [0.2, 0.25) is 5.91 Å². The van der Waals surface area contributed by atoms with Crippen molar-refractivity contribution in [2.75, 3.05) is 4.90 Å². The van der Waals surface area contributed by atoms with Gasteiger partial charge in [-0.3, -0.25) is 19.5 Å². The van der Waals surface area contributed by atoms with Gasteiger partial charge in [-0.1, -0.05) is 31.2 Å². The van der Waals surface area contributed by atoms with E-state index in [4.69, 9.17) is 0 Å². The molecule has 1 aromatic heterocycles. The molecule has 27 heavy (non-hydrogen) atoms. The number of benzene rings is 1. The van der Waals surface area contributed by atoms with Crippen LogP contribution >= 0.6 is 0 Å². The standard InChI is InChI=1S/C23H24N2O2/c1-3-16-8-4-7-15(2)23(16)25-19-10-5-11-20(26)22(19)18(13-21(25)27)17-9-6-12-24-14-17/h4,6-9,12,14,18H,3,5,10-11,13H2,1-2H3. The van der Waals surface area contributed by atoms with E-state index in [0.29, 0.717) is 12.8 Å². The number of rotatable bonds is 3. The molecule has 1 atom stereocenters. The molecule has 1 amide bonds. The second-order valence-electron chi connectivity index (χ2n) is 7.35. The number of aryl methyl sites for hydroxylation is 2. The number of pyridine rings is 1. The summed E-state index contributed by atoms with van der Waals surface area (Å²) < 4.78 is 0. The number of amides is 1. The highest BCUT2D eigenvalue weighted by Crippen LogP contribution is 2.44. The molecule has 4 nitrogen and oxygen atoms in total. The third kappa shape index (κ3) is 2.99. The average molecular weight is 360 g/mol. The van der Waals surface area contributed by atoms with Crippen LogP contribution in [0.3, 0.4) is 0 Å². The van der Waals surface area contributed by atoms with Crippen LogP contribution in [0.25, 0.3) is 0 Å². The third-order valence-electron chi connectivity index (χ3n) is 5.69. The molecular weight excluding hydrogens is 336 g/mol. The normalized spacial score (nSPS) is 20.1. The van der Waals surface area contributed by atoms with Gasteiger partial charge in [-0.15, -0.1) is 0 Å². The van der Waals surface area contributed by atoms with Gasteiger partial charge in [-0.2, -0.15) is 0 Å². The van der Waals surface area contributed by atoms with Crippen molar-refractivity contribution in [3.05, 3.63) is 70.7 Å². The molecule has 4 heteroatoms. The zero-order chi connectivity index (χ0) is 19.0. The highest BCUT2D eigenvalue weighted by molar-refractivity contribution is 6.08. The number of carbonyl (C=O) groups is 2. The number of Topliss-reactive ketones (excluding diaryl/α,β-unsaturated/α-hetero) is 1. The van der Waals surface area contributed by atoms with Crippen molar-refractivity contribution in [1.82, 2.24) is 4.98 Å². The van der Waals surface area contributed by atoms with Gasteiger partial charge in [0, 0.05) is 42.4 Å². The monoisotopic (exact) mass is 360 g/mol. The summed E-state index contributed by atoms with van der Waals surface area (Å²) in [6.07, 6.45) is 6.80. The Hall–Kier alpha value is -2.75. The first kappa shape index (κ1) is 17.7. The first-order valence-corrected chi connectivity index (χ1v) is 9.69. The number of ketones is 1. The van der Waals surface area contributed by atoms with Gasteiger partial charge in [0.05, 0.1) is 5.69 Å². The topological polar surface area (TPSA) is 50.3 Å². The molecule has 1 aliphatic carbocycles. The maximum atomic E-state index is 13.3. The van der Waals surface area contributed by atoms with E-state index in [2.05, 4.69) is 18.0 Å². The number of allylic oxidation sites excluding steroid dienone is 2. The summed E-state index contributed by atoms with van der Waals surface area (Å²) in [4.78, 5) is 32.3. The Balaban J connectivity index is 1.92. The molecule has 1 unspecified atom stereocenters. The second kappa shape index (κ2) is 7.10. The van der Waals surface area contributed by atoms with E-state index < -0.39 is 0 Å². The molecular formula is C23H24N2O2. The molecule has 0 N–H and O–H groups in total. The molecule has 0 spiro atoms. The van der Waals surface area contributed by atoms with E-state index in [0.717, 1.165) is 52.9 Å². The lowest BCUT2D eigenvalue weighted by atomic mass is 9.77. The van der Waals surface area contributed by atoms with Crippen LogP contribution in [0.2, 0.25) is 0 Å². The Morgan fingerprint density at radius 1 is 1.15 bits per heavy atom. The van der Waals surface area contributed by atoms with Gasteiger partial charge in [-0.25, -0.2) is 0 Å². The fourth-order valence-electron chi connectivity index (χ4n) is 4.44. The maximum Gasteiger partial charge on any atom is 0.232 e. The highest BCUT2D eigenvalue weighted by atomic mass is 16.2. The van der Waals surface area contributed by atoms with Gasteiger partial charge < -0.3 is 0 Å². The molecule has 1 aliphatic heterocycles. The van der Waals surface area contributed by atoms with Crippen LogP contribution in [-0.4, -0.2) is 16.7 Å². The number of para-hydroxylation sites is 1. The van der Waals surface area contributed by atoms with Crippen molar-refractivity contribution < 1.29 is 9.59 Å². The SMILES string of the molecule is CCc1cccc(C)c1N1C(=O)CC(c2cccnc2)C2=C1CCCC2=O. The van der Waals surface area contributed by atoms with Crippen LogP contribution in [0.4, 0.5) is 5.69 Å². The molecule has 0 saturated carbocycles. The van der Waals surface area contributed by atoms with E-state index in [-0.39, 0.29) is 17.6 Å². The van der Waals surface area contributed by atoms with Gasteiger partial charge in [-0.05, 0) is 48.9 Å². The number of carbonyl (C=O) groups excluding carboxylic acids is 2. The molecule has 138 valence electrons. The quantitative estimate of drug-likeness (QED) is 0.811. The molecule has 4 rings (SSSR count). The summed E-state index contributed by atoms with van der Waals surface area (Å²) in [5.41, 5.74) is 5.87. The molecule has 0 bridgehead atoms. The largest absolute Gasteiger partial charge is 0.294 e. The predicted molar refractivity (Wildman–Crippen MR) is 106 cm³/mol. The van der Waals surface area contributed by atoms with Crippen LogP contribution in [0.1, 0.15) is 55.2 Å². The van der Waals surface area contributed by atoms with Gasteiger partial charge in [0.25, 0.3) is 0 Å². The summed E-state index contributed by atoms with van der Waals surface area (Å²) in [6, 6.07) is 9.99. The van der Waals surface area contributed by atoms with Gasteiger partial charge in [0.15, 0.2) is 5.78 Å². The lowest BCUT2D eigenvalue weighted by Crippen LogP contribution is -2.41. The Labute approximate surface area is 159 Å². The Bertz CT molecular complexity index is 931. The van der Waals surface area contributed by atoms with Crippen molar-refractivity contribution in [1.29, 1.82) is 0 Å². The minimum absolute atomic E-state index is 0.0707. The number of hydrogen-bond donors (Lipinski definition) is 0. The van der Waals surface area contributed by atoms with E-state index in [9.17, 15) is 9.59 Å². The van der Waals surface area contributed by atoms with Crippen LogP contribution in [-0.2, 0) is 16.0 Å². The first-order chi connectivity index (χ1) is 13.1. The Morgan fingerprint density at radius 2 is 2.00 bits per heavy atom. The molecule has 0 saturated heterocycles. The van der Waals surface area contributed by atoms with Gasteiger partial charge >= 0.3 is 0 Å². The molecule has 2 heterocycles. The van der Waals surface area contributed by atoms with Crippen LogP contribution in [0, 0.1) is 6.92 Å². The summed E-state index contributed by atoms with van der Waals surface area (Å²) in [6.45, 7) is 4.15. The minimum Gasteiger partial charge on any atom is -0.294 e. The van der Waals surface area contributed by atoms with E-state index >= 15 is 0 Å². The maximum absolute atomic E-state index is 13.3. The lowest BCUT2D eigenvalue weighted by Gasteiger charge is -2.39. The van der Waals surface area contributed by atoms with Crippen molar-refractivity contribution >= 4 is 17.4 Å². The van der Waals surface area contributed by atoms with Crippen molar-refractivity contribution in [3.8, 4) is 0 Å². The highest BCUT2D eigenvalue weighted by Gasteiger charge is 2.40. The lowest BCUT2D eigenvalue weighted by molar-refractivity contribution is -0.119. The summed E-state index contributed by atoms with van der Waals surface area (Å²) in [7, 11) is 0. The van der Waals surface area contributed by atoms with E-state index in [1.54, 1.807) is 12.4 Å². The predicted octanol–water partition coefficient (Wildman–Crippen LogP) is 4.48. The molecule has 2 aromatic rings. The first-order valence-electron chi connectivity index (χ1n) is 9.69. The van der Waals surface area contributed by atoms with Crippen LogP contribution in [0.15, 0.2) is 54.0 Å². The second-order valence-corrected chi connectivity index (χ2v) is 7.35. The number of aromatic nitrogens is 1. The molecule has 0 fully saturated rings. The fourth-order valence-corrected chi connectivity index (χ4v) is 4.44. The van der Waals surface area contributed by atoms with Crippen LogP contribution < -0.4 is 4.90 Å². The summed E-state index contributed by atoms with van der Waals surface area (Å²) in [5.74, 6) is 0.0647. The summed E-state index contributed by atoms with van der Waals surface area (Å²) >= 11 is 0. The smallest absolute Gasteiger partial charge is 0.232 e. The number of anilines is 1.